The third-order valence-electron chi connectivity index (χ3n) is 2.84. The SMILES string of the molecule is CCC(C)N(O)CC(C)CCC(C)C. The van der Waals surface area contributed by atoms with Gasteiger partial charge in [0.2, 0.25) is 0 Å². The molecule has 14 heavy (non-hydrogen) atoms. The lowest BCUT2D eigenvalue weighted by molar-refractivity contribution is -0.131. The van der Waals surface area contributed by atoms with Crippen LogP contribution in [0.1, 0.15) is 53.9 Å². The summed E-state index contributed by atoms with van der Waals surface area (Å²) in [5.41, 5.74) is 0. The molecule has 0 radical (unpaired) electrons. The van der Waals surface area contributed by atoms with Gasteiger partial charge in [-0.25, -0.2) is 0 Å². The molecule has 0 aliphatic carbocycles. The highest BCUT2D eigenvalue weighted by Crippen LogP contribution is 2.13. The zero-order chi connectivity index (χ0) is 11.1. The topological polar surface area (TPSA) is 23.5 Å². The van der Waals surface area contributed by atoms with Crippen molar-refractivity contribution in [2.75, 3.05) is 6.54 Å². The Morgan fingerprint density at radius 3 is 2.07 bits per heavy atom. The number of hydrogen-bond donors (Lipinski definition) is 1. The second kappa shape index (κ2) is 7.24. The van der Waals surface area contributed by atoms with Crippen LogP contribution in [0.25, 0.3) is 0 Å². The standard InChI is InChI=1S/C12H27NO/c1-6-12(5)13(14)9-11(4)8-7-10(2)3/h10-12,14H,6-9H2,1-5H3. The predicted molar refractivity (Wildman–Crippen MR) is 61.5 cm³/mol. The average Bonchev–Trinajstić information content (AvgIpc) is 2.13. The Bertz CT molecular complexity index is 136. The molecular weight excluding hydrogens is 174 g/mol. The van der Waals surface area contributed by atoms with Crippen molar-refractivity contribution in [1.29, 1.82) is 0 Å². The van der Waals surface area contributed by atoms with Crippen LogP contribution in [0.5, 0.6) is 0 Å². The highest BCUT2D eigenvalue weighted by molar-refractivity contribution is 4.62. The van der Waals surface area contributed by atoms with Crippen molar-refractivity contribution in [2.24, 2.45) is 11.8 Å². The Hall–Kier alpha value is -0.0800. The van der Waals surface area contributed by atoms with E-state index in [0.717, 1.165) is 18.9 Å². The molecule has 2 atom stereocenters. The largest absolute Gasteiger partial charge is 0.314 e. The number of nitrogens with zero attached hydrogens (tertiary/aromatic N) is 1. The van der Waals surface area contributed by atoms with Gasteiger partial charge in [-0.3, -0.25) is 0 Å². The molecule has 2 heteroatoms. The van der Waals surface area contributed by atoms with E-state index in [0.29, 0.717) is 5.92 Å². The van der Waals surface area contributed by atoms with Gasteiger partial charge in [-0.05, 0) is 31.6 Å². The van der Waals surface area contributed by atoms with Gasteiger partial charge in [-0.2, -0.15) is 5.06 Å². The van der Waals surface area contributed by atoms with Crippen LogP contribution in [0.4, 0.5) is 0 Å². The van der Waals surface area contributed by atoms with E-state index in [-0.39, 0.29) is 6.04 Å². The van der Waals surface area contributed by atoms with Gasteiger partial charge < -0.3 is 5.21 Å². The van der Waals surface area contributed by atoms with Gasteiger partial charge in [-0.1, -0.05) is 34.1 Å². The fraction of sp³-hybridized carbons (Fsp3) is 1.00. The molecule has 0 aromatic rings. The highest BCUT2D eigenvalue weighted by atomic mass is 16.5. The minimum Gasteiger partial charge on any atom is -0.314 e. The smallest absolute Gasteiger partial charge is 0.0319 e. The van der Waals surface area contributed by atoms with Crippen LogP contribution in [0.3, 0.4) is 0 Å². The normalized spacial score (nSPS) is 16.3. The van der Waals surface area contributed by atoms with Crippen LogP contribution in [0.2, 0.25) is 0 Å². The first-order valence-electron chi connectivity index (χ1n) is 5.92. The summed E-state index contributed by atoms with van der Waals surface area (Å²) in [5, 5.41) is 11.2. The minimum absolute atomic E-state index is 0.288. The average molecular weight is 201 g/mol. The third kappa shape index (κ3) is 6.39. The Labute approximate surface area is 89.3 Å². The van der Waals surface area contributed by atoms with Gasteiger partial charge in [-0.15, -0.1) is 0 Å². The third-order valence-corrected chi connectivity index (χ3v) is 2.84. The molecule has 0 aliphatic rings. The fourth-order valence-electron chi connectivity index (χ4n) is 1.42. The Kier molecular flexibility index (Phi) is 7.20. The second-order valence-corrected chi connectivity index (χ2v) is 4.96. The van der Waals surface area contributed by atoms with E-state index in [9.17, 15) is 5.21 Å². The zero-order valence-electron chi connectivity index (χ0n) is 10.5. The summed E-state index contributed by atoms with van der Waals surface area (Å²) in [5.74, 6) is 1.37. The predicted octanol–water partition coefficient (Wildman–Crippen LogP) is 3.55. The first-order valence-corrected chi connectivity index (χ1v) is 5.92. The first-order chi connectivity index (χ1) is 6.47. The molecule has 0 heterocycles. The van der Waals surface area contributed by atoms with Crippen molar-refractivity contribution < 1.29 is 5.21 Å². The Morgan fingerprint density at radius 1 is 1.07 bits per heavy atom. The molecule has 0 rings (SSSR count). The van der Waals surface area contributed by atoms with Crippen LogP contribution >= 0.6 is 0 Å². The Balaban J connectivity index is 3.65. The summed E-state index contributed by atoms with van der Waals surface area (Å²) in [7, 11) is 0. The maximum Gasteiger partial charge on any atom is 0.0319 e. The lowest BCUT2D eigenvalue weighted by Crippen LogP contribution is -2.33. The van der Waals surface area contributed by atoms with Gasteiger partial charge in [0.1, 0.15) is 0 Å². The summed E-state index contributed by atoms with van der Waals surface area (Å²) >= 11 is 0. The summed E-state index contributed by atoms with van der Waals surface area (Å²) < 4.78 is 0. The molecule has 2 unspecified atom stereocenters. The van der Waals surface area contributed by atoms with Crippen molar-refractivity contribution in [1.82, 2.24) is 5.06 Å². The molecule has 2 nitrogen and oxygen atoms in total. The first kappa shape index (κ1) is 13.9. The number of rotatable bonds is 7. The van der Waals surface area contributed by atoms with Crippen molar-refractivity contribution in [3.63, 3.8) is 0 Å². The number of hydroxylamine groups is 2. The molecule has 0 saturated heterocycles. The molecule has 0 saturated carbocycles. The molecule has 1 N–H and O–H groups in total. The van der Waals surface area contributed by atoms with E-state index in [1.807, 2.05) is 0 Å². The van der Waals surface area contributed by atoms with Gasteiger partial charge in [0.25, 0.3) is 0 Å². The van der Waals surface area contributed by atoms with Crippen LogP contribution in [0.15, 0.2) is 0 Å². The highest BCUT2D eigenvalue weighted by Gasteiger charge is 2.12. The van der Waals surface area contributed by atoms with Crippen molar-refractivity contribution >= 4 is 0 Å². The molecule has 0 amide bonds. The van der Waals surface area contributed by atoms with Crippen LogP contribution < -0.4 is 0 Å². The fourth-order valence-corrected chi connectivity index (χ4v) is 1.42. The van der Waals surface area contributed by atoms with Crippen molar-refractivity contribution in [2.45, 2.75) is 59.9 Å². The Morgan fingerprint density at radius 2 is 1.64 bits per heavy atom. The van der Waals surface area contributed by atoms with Gasteiger partial charge in [0, 0.05) is 12.6 Å². The van der Waals surface area contributed by atoms with Crippen LogP contribution in [0, 0.1) is 11.8 Å². The molecule has 0 aliphatic heterocycles. The molecule has 0 aromatic carbocycles. The molecule has 0 bridgehead atoms. The zero-order valence-corrected chi connectivity index (χ0v) is 10.5. The summed E-state index contributed by atoms with van der Waals surface area (Å²) in [6.07, 6.45) is 3.48. The van der Waals surface area contributed by atoms with E-state index < -0.39 is 0 Å². The van der Waals surface area contributed by atoms with Crippen LogP contribution in [-0.4, -0.2) is 22.9 Å². The van der Waals surface area contributed by atoms with Gasteiger partial charge in [0.05, 0.1) is 0 Å². The van der Waals surface area contributed by atoms with E-state index in [4.69, 9.17) is 0 Å². The van der Waals surface area contributed by atoms with Gasteiger partial charge in [0.15, 0.2) is 0 Å². The lowest BCUT2D eigenvalue weighted by atomic mass is 9.99. The molecular formula is C12H27NO. The monoisotopic (exact) mass is 201 g/mol. The quantitative estimate of drug-likeness (QED) is 0.637. The van der Waals surface area contributed by atoms with E-state index in [1.54, 1.807) is 0 Å². The van der Waals surface area contributed by atoms with Gasteiger partial charge >= 0.3 is 0 Å². The van der Waals surface area contributed by atoms with E-state index >= 15 is 0 Å². The molecule has 0 spiro atoms. The van der Waals surface area contributed by atoms with E-state index in [2.05, 4.69) is 34.6 Å². The summed E-state index contributed by atoms with van der Waals surface area (Å²) in [6.45, 7) is 11.7. The summed E-state index contributed by atoms with van der Waals surface area (Å²) in [6, 6.07) is 0.288. The lowest BCUT2D eigenvalue weighted by Gasteiger charge is -2.24. The molecule has 86 valence electrons. The minimum atomic E-state index is 0.288. The maximum absolute atomic E-state index is 9.69. The van der Waals surface area contributed by atoms with Crippen molar-refractivity contribution in [3.8, 4) is 0 Å². The second-order valence-electron chi connectivity index (χ2n) is 4.96. The molecule has 0 aromatic heterocycles. The molecule has 0 fully saturated rings. The van der Waals surface area contributed by atoms with Crippen LogP contribution in [-0.2, 0) is 0 Å². The van der Waals surface area contributed by atoms with Crippen molar-refractivity contribution in [3.05, 3.63) is 0 Å². The number of hydrogen-bond acceptors (Lipinski definition) is 2. The summed E-state index contributed by atoms with van der Waals surface area (Å²) in [4.78, 5) is 0. The van der Waals surface area contributed by atoms with E-state index in [1.165, 1.54) is 17.9 Å². The maximum atomic E-state index is 9.69.